The number of unbranched alkanes of at least 4 members (excludes halogenated alkanes) is 1. The molecule has 1 N–H and O–H groups in total. The first-order chi connectivity index (χ1) is 7.29. The Morgan fingerprint density at radius 1 is 1.20 bits per heavy atom. The molecule has 0 aromatic heterocycles. The second kappa shape index (κ2) is 7.35. The van der Waals surface area contributed by atoms with Gasteiger partial charge in [0.2, 0.25) is 0 Å². The molecular weight excluding hydrogens is 208 g/mol. The number of carboxylic acid groups (broad SMARTS) is 1. The Balaban J connectivity index is 2.00. The van der Waals surface area contributed by atoms with Gasteiger partial charge in [-0.1, -0.05) is 30.3 Å². The quantitative estimate of drug-likeness (QED) is 0.724. The molecule has 82 valence electrons. The highest BCUT2D eigenvalue weighted by atomic mass is 32.2. The van der Waals surface area contributed by atoms with Crippen molar-refractivity contribution >= 4 is 17.7 Å². The van der Waals surface area contributed by atoms with Crippen LogP contribution in [0, 0.1) is 0 Å². The van der Waals surface area contributed by atoms with E-state index >= 15 is 0 Å². The average molecular weight is 224 g/mol. The fourth-order valence-electron chi connectivity index (χ4n) is 1.34. The summed E-state index contributed by atoms with van der Waals surface area (Å²) in [7, 11) is 0. The molecule has 0 atom stereocenters. The highest BCUT2D eigenvalue weighted by Crippen LogP contribution is 2.08. The molecule has 2 nitrogen and oxygen atoms in total. The van der Waals surface area contributed by atoms with Crippen LogP contribution in [-0.2, 0) is 11.2 Å². The normalized spacial score (nSPS) is 10.1. The van der Waals surface area contributed by atoms with Crippen molar-refractivity contribution < 1.29 is 9.90 Å². The minimum Gasteiger partial charge on any atom is -0.481 e. The fraction of sp³-hybridized carbons (Fsp3) is 0.417. The predicted molar refractivity (Wildman–Crippen MR) is 64.3 cm³/mol. The van der Waals surface area contributed by atoms with Crippen LogP contribution in [0.2, 0.25) is 0 Å². The van der Waals surface area contributed by atoms with E-state index in [2.05, 4.69) is 24.3 Å². The topological polar surface area (TPSA) is 37.3 Å². The molecule has 0 amide bonds. The van der Waals surface area contributed by atoms with Gasteiger partial charge in [0.15, 0.2) is 0 Å². The monoisotopic (exact) mass is 224 g/mol. The van der Waals surface area contributed by atoms with Gasteiger partial charge in [-0.2, -0.15) is 11.8 Å². The second-order valence-electron chi connectivity index (χ2n) is 3.39. The van der Waals surface area contributed by atoms with Crippen molar-refractivity contribution in [2.75, 3.05) is 11.5 Å². The average Bonchev–Trinajstić information content (AvgIpc) is 2.24. The summed E-state index contributed by atoms with van der Waals surface area (Å²) in [6, 6.07) is 10.4. The first kappa shape index (κ1) is 12.1. The summed E-state index contributed by atoms with van der Waals surface area (Å²) < 4.78 is 0. The van der Waals surface area contributed by atoms with Crippen molar-refractivity contribution in [1.29, 1.82) is 0 Å². The highest BCUT2D eigenvalue weighted by Gasteiger charge is 1.97. The lowest BCUT2D eigenvalue weighted by Crippen LogP contribution is -1.98. The Morgan fingerprint density at radius 2 is 1.93 bits per heavy atom. The van der Waals surface area contributed by atoms with Crippen LogP contribution >= 0.6 is 11.8 Å². The van der Waals surface area contributed by atoms with E-state index in [1.165, 1.54) is 17.3 Å². The van der Waals surface area contributed by atoms with E-state index in [-0.39, 0.29) is 5.75 Å². The van der Waals surface area contributed by atoms with Gasteiger partial charge in [0, 0.05) is 0 Å². The summed E-state index contributed by atoms with van der Waals surface area (Å²) in [5.41, 5.74) is 1.36. The molecule has 1 aromatic carbocycles. The molecule has 0 saturated heterocycles. The summed E-state index contributed by atoms with van der Waals surface area (Å²) in [6.45, 7) is 0. The summed E-state index contributed by atoms with van der Waals surface area (Å²) in [5.74, 6) is 0.452. The number of carbonyl (C=O) groups is 1. The molecule has 0 aliphatic heterocycles. The molecule has 1 aromatic rings. The van der Waals surface area contributed by atoms with Gasteiger partial charge in [-0.05, 0) is 30.6 Å². The maximum atomic E-state index is 10.2. The Labute approximate surface area is 94.7 Å². The zero-order chi connectivity index (χ0) is 10.9. The van der Waals surface area contributed by atoms with Gasteiger partial charge in [0.25, 0.3) is 0 Å². The van der Waals surface area contributed by atoms with E-state index in [4.69, 9.17) is 5.11 Å². The molecule has 0 radical (unpaired) electrons. The first-order valence-corrected chi connectivity index (χ1v) is 6.28. The molecule has 1 rings (SSSR count). The van der Waals surface area contributed by atoms with Crippen LogP contribution in [0.15, 0.2) is 30.3 Å². The number of benzene rings is 1. The van der Waals surface area contributed by atoms with Crippen molar-refractivity contribution in [2.24, 2.45) is 0 Å². The number of hydrogen-bond acceptors (Lipinski definition) is 2. The van der Waals surface area contributed by atoms with E-state index < -0.39 is 5.97 Å². The van der Waals surface area contributed by atoms with Gasteiger partial charge in [-0.25, -0.2) is 0 Å². The van der Waals surface area contributed by atoms with E-state index in [1.807, 2.05) is 6.07 Å². The largest absolute Gasteiger partial charge is 0.481 e. The number of aliphatic carboxylic acids is 1. The molecule has 0 aliphatic rings. The van der Waals surface area contributed by atoms with E-state index in [0.717, 1.165) is 25.0 Å². The summed E-state index contributed by atoms with van der Waals surface area (Å²) in [6.07, 6.45) is 3.32. The van der Waals surface area contributed by atoms with E-state index in [0.29, 0.717) is 0 Å². The van der Waals surface area contributed by atoms with Crippen LogP contribution in [0.5, 0.6) is 0 Å². The maximum absolute atomic E-state index is 10.2. The third kappa shape index (κ3) is 6.18. The fourth-order valence-corrected chi connectivity index (χ4v) is 2.06. The van der Waals surface area contributed by atoms with Crippen molar-refractivity contribution in [3.63, 3.8) is 0 Å². The van der Waals surface area contributed by atoms with Crippen LogP contribution in [0.25, 0.3) is 0 Å². The smallest absolute Gasteiger partial charge is 0.313 e. The molecule has 0 bridgehead atoms. The van der Waals surface area contributed by atoms with E-state index in [1.54, 1.807) is 0 Å². The summed E-state index contributed by atoms with van der Waals surface area (Å²) >= 11 is 1.50. The van der Waals surface area contributed by atoms with Gasteiger partial charge in [-0.3, -0.25) is 4.79 Å². The number of rotatable bonds is 7. The van der Waals surface area contributed by atoms with Gasteiger partial charge < -0.3 is 5.11 Å². The van der Waals surface area contributed by atoms with Gasteiger partial charge in [-0.15, -0.1) is 0 Å². The molecule has 0 spiro atoms. The molecular formula is C12H16O2S. The number of thioether (sulfide) groups is 1. The van der Waals surface area contributed by atoms with Crippen LogP contribution in [0.3, 0.4) is 0 Å². The zero-order valence-electron chi connectivity index (χ0n) is 8.69. The van der Waals surface area contributed by atoms with Crippen LogP contribution in [0.4, 0.5) is 0 Å². The van der Waals surface area contributed by atoms with Crippen molar-refractivity contribution in [1.82, 2.24) is 0 Å². The van der Waals surface area contributed by atoms with Crippen molar-refractivity contribution in [3.8, 4) is 0 Å². The lowest BCUT2D eigenvalue weighted by molar-refractivity contribution is -0.133. The van der Waals surface area contributed by atoms with Gasteiger partial charge >= 0.3 is 5.97 Å². The lowest BCUT2D eigenvalue weighted by Gasteiger charge is -2.00. The second-order valence-corrected chi connectivity index (χ2v) is 4.49. The molecule has 15 heavy (non-hydrogen) atoms. The third-order valence-electron chi connectivity index (χ3n) is 2.07. The Morgan fingerprint density at radius 3 is 2.60 bits per heavy atom. The minimum atomic E-state index is -0.719. The van der Waals surface area contributed by atoms with Crippen molar-refractivity contribution in [3.05, 3.63) is 35.9 Å². The SMILES string of the molecule is O=C(O)CSCCCCc1ccccc1. The van der Waals surface area contributed by atoms with E-state index in [9.17, 15) is 4.79 Å². The lowest BCUT2D eigenvalue weighted by atomic mass is 10.1. The summed E-state index contributed by atoms with van der Waals surface area (Å²) in [4.78, 5) is 10.2. The zero-order valence-corrected chi connectivity index (χ0v) is 9.50. The minimum absolute atomic E-state index is 0.228. The van der Waals surface area contributed by atoms with Gasteiger partial charge in [0.1, 0.15) is 0 Å². The van der Waals surface area contributed by atoms with Crippen LogP contribution < -0.4 is 0 Å². The number of aryl methyl sites for hydroxylation is 1. The Kier molecular flexibility index (Phi) is 5.93. The standard InChI is InChI=1S/C12H16O2S/c13-12(14)10-15-9-5-4-8-11-6-2-1-3-7-11/h1-3,6-7H,4-5,8-10H2,(H,13,14). The van der Waals surface area contributed by atoms with Gasteiger partial charge in [0.05, 0.1) is 5.75 Å². The number of carboxylic acids is 1. The summed E-state index contributed by atoms with van der Waals surface area (Å²) in [5, 5.41) is 8.43. The molecule has 0 unspecified atom stereocenters. The Hall–Kier alpha value is -0.960. The predicted octanol–water partition coefficient (Wildman–Crippen LogP) is 2.83. The maximum Gasteiger partial charge on any atom is 0.313 e. The van der Waals surface area contributed by atoms with Crippen molar-refractivity contribution in [2.45, 2.75) is 19.3 Å². The number of hydrogen-bond donors (Lipinski definition) is 1. The molecule has 0 saturated carbocycles. The first-order valence-electron chi connectivity index (χ1n) is 5.12. The molecule has 0 fully saturated rings. The molecule has 3 heteroatoms. The van der Waals surface area contributed by atoms with Crippen LogP contribution in [-0.4, -0.2) is 22.6 Å². The highest BCUT2D eigenvalue weighted by molar-refractivity contribution is 7.99. The van der Waals surface area contributed by atoms with Crippen LogP contribution in [0.1, 0.15) is 18.4 Å². The molecule has 0 heterocycles. The third-order valence-corrected chi connectivity index (χ3v) is 3.10. The Bertz CT molecular complexity index is 285. The molecule has 0 aliphatic carbocycles.